The summed E-state index contributed by atoms with van der Waals surface area (Å²) in [5, 5.41) is 7.68. The zero-order chi connectivity index (χ0) is 17.2. The molecule has 1 rings (SSSR count). The maximum Gasteiger partial charge on any atom is 0.340 e. The van der Waals surface area contributed by atoms with Gasteiger partial charge in [-0.1, -0.05) is 19.8 Å². The van der Waals surface area contributed by atoms with Gasteiger partial charge in [0.2, 0.25) is 0 Å². The first kappa shape index (κ1) is 19.2. The van der Waals surface area contributed by atoms with E-state index in [1.807, 2.05) is 13.8 Å². The Morgan fingerprint density at radius 3 is 2.74 bits per heavy atom. The van der Waals surface area contributed by atoms with Gasteiger partial charge in [-0.2, -0.15) is 5.10 Å². The third-order valence-corrected chi connectivity index (χ3v) is 3.62. The molecule has 0 saturated carbocycles. The number of nitrogens with zero attached hydrogens (tertiary/aromatic N) is 1. The number of hydrazone groups is 1. The fraction of sp³-hybridized carbons (Fsp3) is 0.562. The van der Waals surface area contributed by atoms with Gasteiger partial charge in [-0.15, -0.1) is 0 Å². The molecule has 0 saturated heterocycles. The lowest BCUT2D eigenvalue weighted by atomic mass is 10.1. The van der Waals surface area contributed by atoms with E-state index in [1.165, 1.54) is 12.8 Å². The molecule has 23 heavy (non-hydrogen) atoms. The molecular formula is C16H26N4O2S. The number of H-pyrrole nitrogens is 1. The molecule has 128 valence electrons. The molecule has 0 unspecified atom stereocenters. The van der Waals surface area contributed by atoms with Crippen LogP contribution in [0.25, 0.3) is 0 Å². The van der Waals surface area contributed by atoms with Crippen molar-refractivity contribution < 1.29 is 9.53 Å². The van der Waals surface area contributed by atoms with Crippen molar-refractivity contribution in [2.75, 3.05) is 13.2 Å². The number of hydrogen-bond acceptors (Lipinski definition) is 4. The Morgan fingerprint density at radius 1 is 1.35 bits per heavy atom. The van der Waals surface area contributed by atoms with Crippen LogP contribution >= 0.6 is 12.2 Å². The lowest BCUT2D eigenvalue weighted by Gasteiger charge is -2.05. The highest BCUT2D eigenvalue weighted by molar-refractivity contribution is 7.80. The Kier molecular flexibility index (Phi) is 8.32. The lowest BCUT2D eigenvalue weighted by Crippen LogP contribution is -2.32. The summed E-state index contributed by atoms with van der Waals surface area (Å²) in [6, 6.07) is 0. The van der Waals surface area contributed by atoms with E-state index in [0.29, 0.717) is 17.3 Å². The number of hydrogen-bond donors (Lipinski definition) is 3. The van der Waals surface area contributed by atoms with Crippen LogP contribution in [-0.4, -0.2) is 35.4 Å². The van der Waals surface area contributed by atoms with E-state index < -0.39 is 0 Å². The summed E-state index contributed by atoms with van der Waals surface area (Å²) in [7, 11) is 0. The minimum atomic E-state index is -0.320. The lowest BCUT2D eigenvalue weighted by molar-refractivity contribution is 0.0525. The highest BCUT2D eigenvalue weighted by atomic mass is 32.1. The molecule has 0 spiro atoms. The number of carbonyl (C=O) groups excluding carboxylic acids is 1. The van der Waals surface area contributed by atoms with Crippen LogP contribution in [-0.2, 0) is 4.74 Å². The van der Waals surface area contributed by atoms with Crippen molar-refractivity contribution in [3.63, 3.8) is 0 Å². The molecule has 0 radical (unpaired) electrons. The third-order valence-electron chi connectivity index (χ3n) is 3.38. The number of aromatic nitrogens is 1. The van der Waals surface area contributed by atoms with Crippen molar-refractivity contribution in [2.45, 2.75) is 47.0 Å². The Labute approximate surface area is 143 Å². The number of unbranched alkanes of at least 4 members (excludes halogenated alkanes) is 2. The second kappa shape index (κ2) is 9.99. The molecule has 6 nitrogen and oxygen atoms in total. The second-order valence-corrected chi connectivity index (χ2v) is 5.63. The van der Waals surface area contributed by atoms with E-state index in [9.17, 15) is 4.79 Å². The molecule has 0 atom stereocenters. The number of rotatable bonds is 8. The maximum absolute atomic E-state index is 11.9. The van der Waals surface area contributed by atoms with Gasteiger partial charge >= 0.3 is 5.97 Å². The van der Waals surface area contributed by atoms with Crippen molar-refractivity contribution >= 4 is 29.5 Å². The number of nitrogens with one attached hydrogen (secondary N) is 3. The topological polar surface area (TPSA) is 78.5 Å². The highest BCUT2D eigenvalue weighted by Gasteiger charge is 2.18. The number of carbonyl (C=O) groups is 1. The molecule has 0 bridgehead atoms. The molecule has 0 aliphatic rings. The van der Waals surface area contributed by atoms with E-state index in [0.717, 1.165) is 29.9 Å². The Morgan fingerprint density at radius 2 is 2.09 bits per heavy atom. The molecule has 0 aliphatic carbocycles. The summed E-state index contributed by atoms with van der Waals surface area (Å²) < 4.78 is 5.06. The number of esters is 1. The Bertz CT molecular complexity index is 567. The van der Waals surface area contributed by atoms with Crippen LogP contribution in [0.15, 0.2) is 5.10 Å². The second-order valence-electron chi connectivity index (χ2n) is 5.22. The molecule has 1 aromatic heterocycles. The fourth-order valence-corrected chi connectivity index (χ4v) is 2.34. The van der Waals surface area contributed by atoms with Crippen LogP contribution in [0.4, 0.5) is 0 Å². The smallest absolute Gasteiger partial charge is 0.340 e. The molecule has 1 aromatic rings. The number of ether oxygens (including phenoxy) is 1. The van der Waals surface area contributed by atoms with Crippen molar-refractivity contribution in [2.24, 2.45) is 5.10 Å². The maximum atomic E-state index is 11.9. The first-order valence-electron chi connectivity index (χ1n) is 7.94. The molecule has 0 aliphatic heterocycles. The summed E-state index contributed by atoms with van der Waals surface area (Å²) in [5.41, 5.74) is 5.67. The molecule has 0 amide bonds. The third kappa shape index (κ3) is 6.02. The van der Waals surface area contributed by atoms with Gasteiger partial charge in [-0.25, -0.2) is 4.79 Å². The van der Waals surface area contributed by atoms with Gasteiger partial charge in [0.15, 0.2) is 5.11 Å². The SMILES string of the molecule is CCCCCNC(=S)N/N=C/c1[nH]c(C)c(C(=O)OCC)c1C. The van der Waals surface area contributed by atoms with Crippen molar-refractivity contribution in [1.82, 2.24) is 15.7 Å². The molecule has 0 aromatic carbocycles. The average molecular weight is 338 g/mol. The summed E-state index contributed by atoms with van der Waals surface area (Å²) in [5.74, 6) is -0.320. The predicted molar refractivity (Wildman–Crippen MR) is 97.1 cm³/mol. The van der Waals surface area contributed by atoms with Crippen LogP contribution in [0.3, 0.4) is 0 Å². The van der Waals surface area contributed by atoms with Crippen molar-refractivity contribution in [1.29, 1.82) is 0 Å². The zero-order valence-electron chi connectivity index (χ0n) is 14.3. The number of thiocarbonyl (C=S) groups is 1. The summed E-state index contributed by atoms with van der Waals surface area (Å²) >= 11 is 5.14. The first-order valence-corrected chi connectivity index (χ1v) is 8.35. The Hall–Kier alpha value is -1.89. The van der Waals surface area contributed by atoms with E-state index in [4.69, 9.17) is 17.0 Å². The molecular weight excluding hydrogens is 312 g/mol. The summed E-state index contributed by atoms with van der Waals surface area (Å²) in [6.07, 6.45) is 5.05. The minimum Gasteiger partial charge on any atom is -0.462 e. The van der Waals surface area contributed by atoms with Crippen LogP contribution < -0.4 is 10.7 Å². The van der Waals surface area contributed by atoms with E-state index in [1.54, 1.807) is 13.1 Å². The molecule has 7 heteroatoms. The van der Waals surface area contributed by atoms with Gasteiger partial charge in [0.1, 0.15) is 0 Å². The summed E-state index contributed by atoms with van der Waals surface area (Å²) in [6.45, 7) is 8.83. The van der Waals surface area contributed by atoms with Crippen LogP contribution in [0, 0.1) is 13.8 Å². The van der Waals surface area contributed by atoms with Gasteiger partial charge in [-0.05, 0) is 45.0 Å². The van der Waals surface area contributed by atoms with E-state index in [-0.39, 0.29) is 5.97 Å². The molecule has 1 heterocycles. The number of aromatic amines is 1. The highest BCUT2D eigenvalue weighted by Crippen LogP contribution is 2.17. The monoisotopic (exact) mass is 338 g/mol. The zero-order valence-corrected chi connectivity index (χ0v) is 15.1. The van der Waals surface area contributed by atoms with Crippen LogP contribution in [0.5, 0.6) is 0 Å². The van der Waals surface area contributed by atoms with Crippen LogP contribution in [0.1, 0.15) is 60.4 Å². The predicted octanol–water partition coefficient (Wildman–Crippen LogP) is 2.80. The first-order chi connectivity index (χ1) is 11.0. The van der Waals surface area contributed by atoms with Gasteiger partial charge in [-0.3, -0.25) is 5.43 Å². The van der Waals surface area contributed by atoms with Gasteiger partial charge < -0.3 is 15.0 Å². The fourth-order valence-electron chi connectivity index (χ4n) is 2.18. The summed E-state index contributed by atoms with van der Waals surface area (Å²) in [4.78, 5) is 15.1. The normalized spacial score (nSPS) is 10.8. The van der Waals surface area contributed by atoms with E-state index in [2.05, 4.69) is 27.8 Å². The van der Waals surface area contributed by atoms with Crippen LogP contribution in [0.2, 0.25) is 0 Å². The molecule has 3 N–H and O–H groups in total. The van der Waals surface area contributed by atoms with Gasteiger partial charge in [0.25, 0.3) is 0 Å². The Balaban J connectivity index is 2.59. The average Bonchev–Trinajstić information content (AvgIpc) is 2.78. The quantitative estimate of drug-likeness (QED) is 0.223. The number of aryl methyl sites for hydroxylation is 1. The van der Waals surface area contributed by atoms with Crippen molar-refractivity contribution in [3.05, 3.63) is 22.5 Å². The largest absolute Gasteiger partial charge is 0.462 e. The van der Waals surface area contributed by atoms with E-state index >= 15 is 0 Å². The van der Waals surface area contributed by atoms with Gasteiger partial charge in [0, 0.05) is 12.2 Å². The van der Waals surface area contributed by atoms with Crippen molar-refractivity contribution in [3.8, 4) is 0 Å². The molecule has 0 fully saturated rings. The minimum absolute atomic E-state index is 0.320. The standard InChI is InChI=1S/C16H26N4O2S/c1-5-7-8-9-17-16(23)20-18-10-13-11(3)14(12(4)19-13)15(21)22-6-2/h10,19H,5-9H2,1-4H3,(H2,17,20,23)/b18-10+. The van der Waals surface area contributed by atoms with Gasteiger partial charge in [0.05, 0.1) is 24.1 Å².